The number of amides is 1. The first-order valence-corrected chi connectivity index (χ1v) is 9.90. The van der Waals surface area contributed by atoms with Gasteiger partial charge in [0.15, 0.2) is 0 Å². The Bertz CT molecular complexity index is 712. The maximum atomic E-state index is 12.6. The summed E-state index contributed by atoms with van der Waals surface area (Å²) in [6, 6.07) is 21.7. The highest BCUT2D eigenvalue weighted by Crippen LogP contribution is 2.35. The van der Waals surface area contributed by atoms with Gasteiger partial charge in [0.2, 0.25) is 5.91 Å². The van der Waals surface area contributed by atoms with Crippen LogP contribution in [0.2, 0.25) is 0 Å². The third-order valence-corrected chi connectivity index (χ3v) is 5.73. The number of nitrogens with zero attached hydrogens (tertiary/aromatic N) is 1. The molecule has 2 fully saturated rings. The van der Waals surface area contributed by atoms with E-state index >= 15 is 0 Å². The van der Waals surface area contributed by atoms with Gasteiger partial charge in [-0.15, -0.1) is 0 Å². The van der Waals surface area contributed by atoms with Gasteiger partial charge in [-0.3, -0.25) is 9.69 Å². The Hall–Kier alpha value is -2.13. The zero-order chi connectivity index (χ0) is 17.8. The van der Waals surface area contributed by atoms with E-state index in [0.717, 1.165) is 38.4 Å². The van der Waals surface area contributed by atoms with Crippen LogP contribution in [-0.4, -0.2) is 23.9 Å². The van der Waals surface area contributed by atoms with E-state index in [9.17, 15) is 4.79 Å². The lowest BCUT2D eigenvalue weighted by Gasteiger charge is -2.39. The second kappa shape index (κ2) is 8.05. The minimum absolute atomic E-state index is 0.109. The van der Waals surface area contributed by atoms with E-state index < -0.39 is 0 Å². The van der Waals surface area contributed by atoms with Gasteiger partial charge in [-0.1, -0.05) is 60.7 Å². The van der Waals surface area contributed by atoms with Crippen molar-refractivity contribution < 1.29 is 4.79 Å². The fourth-order valence-electron chi connectivity index (χ4n) is 4.01. The quantitative estimate of drug-likeness (QED) is 0.850. The van der Waals surface area contributed by atoms with Crippen molar-refractivity contribution in [2.75, 3.05) is 13.1 Å². The largest absolute Gasteiger partial charge is 0.356 e. The number of carbonyl (C=O) groups excluding carboxylic acids is 1. The lowest BCUT2D eigenvalue weighted by molar-refractivity contribution is -0.127. The number of hydrogen-bond donors (Lipinski definition) is 1. The number of hydrogen-bond acceptors (Lipinski definition) is 2. The Morgan fingerprint density at radius 1 is 0.923 bits per heavy atom. The van der Waals surface area contributed by atoms with E-state index in [0.29, 0.717) is 6.04 Å². The normalized spacial score (nSPS) is 23.5. The zero-order valence-electron chi connectivity index (χ0n) is 15.3. The van der Waals surface area contributed by atoms with Crippen molar-refractivity contribution in [3.05, 3.63) is 71.8 Å². The van der Waals surface area contributed by atoms with Crippen LogP contribution in [0.1, 0.15) is 42.9 Å². The number of rotatable bonds is 6. The van der Waals surface area contributed by atoms with Crippen molar-refractivity contribution in [3.63, 3.8) is 0 Å². The van der Waals surface area contributed by atoms with Crippen LogP contribution in [0.3, 0.4) is 0 Å². The second-order valence-corrected chi connectivity index (χ2v) is 7.80. The molecule has 1 aliphatic carbocycles. The molecule has 1 saturated carbocycles. The average molecular weight is 348 g/mol. The topological polar surface area (TPSA) is 32.3 Å². The molecule has 2 atom stereocenters. The molecule has 1 saturated heterocycles. The fraction of sp³-hybridized carbons (Fsp3) is 0.435. The van der Waals surface area contributed by atoms with Crippen molar-refractivity contribution in [1.29, 1.82) is 0 Å². The number of likely N-dealkylation sites (tertiary alicyclic amines) is 1. The van der Waals surface area contributed by atoms with E-state index in [1.165, 1.54) is 24.0 Å². The van der Waals surface area contributed by atoms with Gasteiger partial charge >= 0.3 is 0 Å². The number of nitrogens with one attached hydrogen (secondary N) is 1. The van der Waals surface area contributed by atoms with E-state index in [1.807, 2.05) is 0 Å². The van der Waals surface area contributed by atoms with Gasteiger partial charge in [-0.05, 0) is 42.7 Å². The van der Waals surface area contributed by atoms with Gasteiger partial charge in [0.05, 0.1) is 5.92 Å². The van der Waals surface area contributed by atoms with Crippen molar-refractivity contribution in [3.8, 4) is 0 Å². The molecule has 4 rings (SSSR count). The SMILES string of the molecule is O=C(NCC1CC1)C1CCC(c2ccccc2)N(Cc2ccccc2)C1. The molecule has 2 unspecified atom stereocenters. The first-order chi connectivity index (χ1) is 12.8. The predicted octanol–water partition coefficient (Wildman–Crippen LogP) is 4.17. The molecule has 0 bridgehead atoms. The Kier molecular flexibility index (Phi) is 5.35. The third-order valence-electron chi connectivity index (χ3n) is 5.73. The molecule has 3 heteroatoms. The molecule has 0 spiro atoms. The Morgan fingerprint density at radius 3 is 2.31 bits per heavy atom. The molecule has 0 aromatic heterocycles. The summed E-state index contributed by atoms with van der Waals surface area (Å²) in [5.41, 5.74) is 2.67. The van der Waals surface area contributed by atoms with Gasteiger partial charge in [0.25, 0.3) is 0 Å². The summed E-state index contributed by atoms with van der Waals surface area (Å²) in [5, 5.41) is 3.19. The highest BCUT2D eigenvalue weighted by atomic mass is 16.1. The molecule has 1 aliphatic heterocycles. The smallest absolute Gasteiger partial charge is 0.224 e. The van der Waals surface area contributed by atoms with Crippen LogP contribution in [0.4, 0.5) is 0 Å². The zero-order valence-corrected chi connectivity index (χ0v) is 15.3. The predicted molar refractivity (Wildman–Crippen MR) is 104 cm³/mol. The number of piperidine rings is 1. The fourth-order valence-corrected chi connectivity index (χ4v) is 4.01. The standard InChI is InChI=1S/C23H28N2O/c26-23(24-15-18-11-12-18)21-13-14-22(20-9-5-2-6-10-20)25(17-21)16-19-7-3-1-4-8-19/h1-10,18,21-22H,11-17H2,(H,24,26). The maximum absolute atomic E-state index is 12.6. The van der Waals surface area contributed by atoms with Crippen molar-refractivity contribution >= 4 is 5.91 Å². The molecule has 1 heterocycles. The minimum Gasteiger partial charge on any atom is -0.356 e. The molecule has 136 valence electrons. The van der Waals surface area contributed by atoms with Crippen molar-refractivity contribution in [2.45, 2.75) is 38.3 Å². The third kappa shape index (κ3) is 4.34. The summed E-state index contributed by atoms with van der Waals surface area (Å²) in [6.45, 7) is 2.61. The molecular formula is C23H28N2O. The molecule has 3 nitrogen and oxygen atoms in total. The van der Waals surface area contributed by atoms with Gasteiger partial charge in [0, 0.05) is 25.7 Å². The second-order valence-electron chi connectivity index (χ2n) is 7.80. The summed E-state index contributed by atoms with van der Waals surface area (Å²) < 4.78 is 0. The van der Waals surface area contributed by atoms with Crippen LogP contribution < -0.4 is 5.32 Å². The van der Waals surface area contributed by atoms with Gasteiger partial charge in [-0.25, -0.2) is 0 Å². The summed E-state index contributed by atoms with van der Waals surface area (Å²) in [5.74, 6) is 1.10. The van der Waals surface area contributed by atoms with Crippen LogP contribution in [-0.2, 0) is 11.3 Å². The molecule has 2 aromatic carbocycles. The molecule has 26 heavy (non-hydrogen) atoms. The first-order valence-electron chi connectivity index (χ1n) is 9.90. The van der Waals surface area contributed by atoms with E-state index in [4.69, 9.17) is 0 Å². The van der Waals surface area contributed by atoms with E-state index in [-0.39, 0.29) is 11.8 Å². The molecule has 2 aromatic rings. The molecular weight excluding hydrogens is 320 g/mol. The molecule has 1 amide bonds. The number of carbonyl (C=O) groups is 1. The van der Waals surface area contributed by atoms with Crippen LogP contribution >= 0.6 is 0 Å². The monoisotopic (exact) mass is 348 g/mol. The first kappa shape index (κ1) is 17.3. The van der Waals surface area contributed by atoms with Gasteiger partial charge in [-0.2, -0.15) is 0 Å². The summed E-state index contributed by atoms with van der Waals surface area (Å²) in [7, 11) is 0. The van der Waals surface area contributed by atoms with Crippen LogP contribution in [0.15, 0.2) is 60.7 Å². The Labute approximate surface area is 156 Å². The Morgan fingerprint density at radius 2 is 1.62 bits per heavy atom. The summed E-state index contributed by atoms with van der Waals surface area (Å²) >= 11 is 0. The van der Waals surface area contributed by atoms with E-state index in [2.05, 4.69) is 70.9 Å². The maximum Gasteiger partial charge on any atom is 0.224 e. The highest BCUT2D eigenvalue weighted by molar-refractivity contribution is 5.79. The number of benzene rings is 2. The highest BCUT2D eigenvalue weighted by Gasteiger charge is 2.33. The lowest BCUT2D eigenvalue weighted by atomic mass is 9.88. The van der Waals surface area contributed by atoms with Crippen LogP contribution in [0.25, 0.3) is 0 Å². The van der Waals surface area contributed by atoms with Gasteiger partial charge < -0.3 is 5.32 Å². The van der Waals surface area contributed by atoms with Crippen molar-refractivity contribution in [2.24, 2.45) is 11.8 Å². The summed E-state index contributed by atoms with van der Waals surface area (Å²) in [6.07, 6.45) is 4.57. The molecule has 0 radical (unpaired) electrons. The van der Waals surface area contributed by atoms with Crippen molar-refractivity contribution in [1.82, 2.24) is 10.2 Å². The Balaban J connectivity index is 1.47. The average Bonchev–Trinajstić information content (AvgIpc) is 3.52. The summed E-state index contributed by atoms with van der Waals surface area (Å²) in [4.78, 5) is 15.1. The van der Waals surface area contributed by atoms with Gasteiger partial charge in [0.1, 0.15) is 0 Å². The van der Waals surface area contributed by atoms with Crippen LogP contribution in [0.5, 0.6) is 0 Å². The minimum atomic E-state index is 0.109. The molecule has 2 aliphatic rings. The lowest BCUT2D eigenvalue weighted by Crippen LogP contribution is -2.44. The molecule has 1 N–H and O–H groups in total. The van der Waals surface area contributed by atoms with E-state index in [1.54, 1.807) is 0 Å². The van der Waals surface area contributed by atoms with Crippen LogP contribution in [0, 0.1) is 11.8 Å².